The Morgan fingerprint density at radius 2 is 1.96 bits per heavy atom. The second kappa shape index (κ2) is 8.91. The van der Waals surface area contributed by atoms with Crippen LogP contribution in [-0.2, 0) is 4.79 Å². The summed E-state index contributed by atoms with van der Waals surface area (Å²) in [5, 5.41) is 3.10. The first kappa shape index (κ1) is 19.2. The fourth-order valence-corrected chi connectivity index (χ4v) is 3.80. The summed E-state index contributed by atoms with van der Waals surface area (Å²) in [4.78, 5) is 15.0. The predicted octanol–water partition coefficient (Wildman–Crippen LogP) is 3.72. The summed E-state index contributed by atoms with van der Waals surface area (Å²) in [7, 11) is 3.26. The summed E-state index contributed by atoms with van der Waals surface area (Å²) in [6.07, 6.45) is 2.21. The van der Waals surface area contributed by atoms with Crippen LogP contribution in [0.2, 0.25) is 0 Å². The first-order chi connectivity index (χ1) is 13.1. The number of benzene rings is 2. The standard InChI is InChI=1S/C22H28N2O3/c1-16(19-14-18(26-2)11-12-21(19)27-3)23-22(25)15-24-13-7-10-20(24)17-8-5-4-6-9-17/h4-6,8-9,11-12,14,16,20H,7,10,13,15H2,1-3H3,(H,23,25). The van der Waals surface area contributed by atoms with Crippen LogP contribution < -0.4 is 14.8 Å². The summed E-state index contributed by atoms with van der Waals surface area (Å²) < 4.78 is 10.7. The lowest BCUT2D eigenvalue weighted by Gasteiger charge is -2.25. The molecular formula is C22H28N2O3. The van der Waals surface area contributed by atoms with Gasteiger partial charge in [0.2, 0.25) is 5.91 Å². The van der Waals surface area contributed by atoms with Crippen molar-refractivity contribution >= 4 is 5.91 Å². The molecular weight excluding hydrogens is 340 g/mol. The Balaban J connectivity index is 1.65. The Morgan fingerprint density at radius 3 is 2.67 bits per heavy atom. The van der Waals surface area contributed by atoms with E-state index in [1.54, 1.807) is 14.2 Å². The summed E-state index contributed by atoms with van der Waals surface area (Å²) in [6, 6.07) is 16.2. The third kappa shape index (κ3) is 4.61. The van der Waals surface area contributed by atoms with Crippen molar-refractivity contribution in [3.05, 3.63) is 59.7 Å². The highest BCUT2D eigenvalue weighted by atomic mass is 16.5. The van der Waals surface area contributed by atoms with Gasteiger partial charge in [0.25, 0.3) is 0 Å². The van der Waals surface area contributed by atoms with Crippen LogP contribution in [0.3, 0.4) is 0 Å². The Kier molecular flexibility index (Phi) is 6.35. The maximum atomic E-state index is 12.7. The number of hydrogen-bond acceptors (Lipinski definition) is 4. The van der Waals surface area contributed by atoms with Gasteiger partial charge in [-0.25, -0.2) is 0 Å². The summed E-state index contributed by atoms with van der Waals surface area (Å²) in [5.74, 6) is 1.51. The van der Waals surface area contributed by atoms with E-state index in [1.165, 1.54) is 5.56 Å². The van der Waals surface area contributed by atoms with Crippen molar-refractivity contribution in [3.8, 4) is 11.5 Å². The van der Waals surface area contributed by atoms with E-state index in [0.717, 1.165) is 36.4 Å². The minimum atomic E-state index is -0.166. The van der Waals surface area contributed by atoms with Crippen LogP contribution in [0.25, 0.3) is 0 Å². The largest absolute Gasteiger partial charge is 0.497 e. The van der Waals surface area contributed by atoms with Crippen LogP contribution >= 0.6 is 0 Å². The van der Waals surface area contributed by atoms with E-state index in [0.29, 0.717) is 12.6 Å². The van der Waals surface area contributed by atoms with Gasteiger partial charge in [-0.1, -0.05) is 30.3 Å². The molecule has 5 nitrogen and oxygen atoms in total. The van der Waals surface area contributed by atoms with Crippen molar-refractivity contribution in [2.75, 3.05) is 27.3 Å². The van der Waals surface area contributed by atoms with Crippen molar-refractivity contribution in [1.29, 1.82) is 0 Å². The van der Waals surface area contributed by atoms with Gasteiger partial charge in [-0.05, 0) is 50.1 Å². The number of rotatable bonds is 7. The van der Waals surface area contributed by atoms with E-state index in [-0.39, 0.29) is 11.9 Å². The molecule has 0 spiro atoms. The monoisotopic (exact) mass is 368 g/mol. The molecule has 0 aromatic heterocycles. The van der Waals surface area contributed by atoms with Crippen molar-refractivity contribution in [1.82, 2.24) is 10.2 Å². The molecule has 2 aromatic rings. The number of likely N-dealkylation sites (tertiary alicyclic amines) is 1. The van der Waals surface area contributed by atoms with Crippen LogP contribution in [0.4, 0.5) is 0 Å². The molecule has 0 aliphatic carbocycles. The van der Waals surface area contributed by atoms with E-state index in [4.69, 9.17) is 9.47 Å². The Morgan fingerprint density at radius 1 is 1.19 bits per heavy atom. The second-order valence-corrected chi connectivity index (χ2v) is 6.94. The van der Waals surface area contributed by atoms with Crippen molar-refractivity contribution in [2.24, 2.45) is 0 Å². The number of nitrogens with zero attached hydrogens (tertiary/aromatic N) is 1. The molecule has 1 fully saturated rings. The number of methoxy groups -OCH3 is 2. The lowest BCUT2D eigenvalue weighted by molar-refractivity contribution is -0.123. The lowest BCUT2D eigenvalue weighted by atomic mass is 10.0. The summed E-state index contributed by atoms with van der Waals surface area (Å²) >= 11 is 0. The van der Waals surface area contributed by atoms with Crippen LogP contribution in [-0.4, -0.2) is 38.1 Å². The fourth-order valence-electron chi connectivity index (χ4n) is 3.80. The Labute approximate surface area is 161 Å². The minimum absolute atomic E-state index is 0.0233. The molecule has 3 rings (SSSR count). The molecule has 1 aliphatic rings. The number of nitrogens with one attached hydrogen (secondary N) is 1. The molecule has 1 saturated heterocycles. The van der Waals surface area contributed by atoms with E-state index < -0.39 is 0 Å². The van der Waals surface area contributed by atoms with Gasteiger partial charge in [-0.15, -0.1) is 0 Å². The Bertz CT molecular complexity index is 763. The zero-order valence-electron chi connectivity index (χ0n) is 16.3. The molecule has 2 aromatic carbocycles. The normalized spacial score (nSPS) is 18.1. The van der Waals surface area contributed by atoms with Gasteiger partial charge in [0.15, 0.2) is 0 Å². The zero-order chi connectivity index (χ0) is 19.2. The first-order valence-electron chi connectivity index (χ1n) is 9.42. The van der Waals surface area contributed by atoms with Crippen LogP contribution in [0.5, 0.6) is 11.5 Å². The van der Waals surface area contributed by atoms with Crippen molar-refractivity contribution in [2.45, 2.75) is 31.8 Å². The smallest absolute Gasteiger partial charge is 0.234 e. The summed E-state index contributed by atoms with van der Waals surface area (Å²) in [5.41, 5.74) is 2.19. The summed E-state index contributed by atoms with van der Waals surface area (Å²) in [6.45, 7) is 3.31. The third-order valence-electron chi connectivity index (χ3n) is 5.18. The molecule has 0 radical (unpaired) electrons. The van der Waals surface area contributed by atoms with Gasteiger partial charge in [0, 0.05) is 11.6 Å². The Hall–Kier alpha value is -2.53. The molecule has 2 unspecified atom stereocenters. The van der Waals surface area contributed by atoms with Gasteiger partial charge in [-0.2, -0.15) is 0 Å². The highest BCUT2D eigenvalue weighted by Crippen LogP contribution is 2.32. The average molecular weight is 368 g/mol. The van der Waals surface area contributed by atoms with Gasteiger partial charge >= 0.3 is 0 Å². The number of carbonyl (C=O) groups excluding carboxylic acids is 1. The molecule has 1 heterocycles. The van der Waals surface area contributed by atoms with Crippen molar-refractivity contribution < 1.29 is 14.3 Å². The maximum absolute atomic E-state index is 12.7. The first-order valence-corrected chi connectivity index (χ1v) is 9.42. The quantitative estimate of drug-likeness (QED) is 0.809. The number of hydrogen-bond donors (Lipinski definition) is 1. The van der Waals surface area contributed by atoms with Crippen LogP contribution in [0.1, 0.15) is 43.0 Å². The van der Waals surface area contributed by atoms with E-state index in [2.05, 4.69) is 34.5 Å². The molecule has 0 saturated carbocycles. The molecule has 27 heavy (non-hydrogen) atoms. The van der Waals surface area contributed by atoms with E-state index in [1.807, 2.05) is 31.2 Å². The topological polar surface area (TPSA) is 50.8 Å². The number of amides is 1. The van der Waals surface area contributed by atoms with E-state index in [9.17, 15) is 4.79 Å². The van der Waals surface area contributed by atoms with Gasteiger partial charge in [0.1, 0.15) is 11.5 Å². The SMILES string of the molecule is COc1ccc(OC)c(C(C)NC(=O)CN2CCCC2c2ccccc2)c1. The van der Waals surface area contributed by atoms with E-state index >= 15 is 0 Å². The molecule has 0 bridgehead atoms. The maximum Gasteiger partial charge on any atom is 0.234 e. The molecule has 2 atom stereocenters. The van der Waals surface area contributed by atoms with Crippen molar-refractivity contribution in [3.63, 3.8) is 0 Å². The predicted molar refractivity (Wildman–Crippen MR) is 106 cm³/mol. The molecule has 5 heteroatoms. The fraction of sp³-hybridized carbons (Fsp3) is 0.409. The molecule has 1 N–H and O–H groups in total. The lowest BCUT2D eigenvalue weighted by Crippen LogP contribution is -2.38. The minimum Gasteiger partial charge on any atom is -0.497 e. The third-order valence-corrected chi connectivity index (χ3v) is 5.18. The highest BCUT2D eigenvalue weighted by Gasteiger charge is 2.28. The second-order valence-electron chi connectivity index (χ2n) is 6.94. The van der Waals surface area contributed by atoms with Crippen LogP contribution in [0, 0.1) is 0 Å². The molecule has 1 amide bonds. The zero-order valence-corrected chi connectivity index (χ0v) is 16.3. The van der Waals surface area contributed by atoms with Gasteiger partial charge in [-0.3, -0.25) is 9.69 Å². The van der Waals surface area contributed by atoms with Gasteiger partial charge in [0.05, 0.1) is 26.8 Å². The molecule has 1 aliphatic heterocycles. The number of carbonyl (C=O) groups is 1. The molecule has 144 valence electrons. The number of ether oxygens (including phenoxy) is 2. The van der Waals surface area contributed by atoms with Gasteiger partial charge < -0.3 is 14.8 Å². The van der Waals surface area contributed by atoms with Crippen LogP contribution in [0.15, 0.2) is 48.5 Å². The highest BCUT2D eigenvalue weighted by molar-refractivity contribution is 5.78. The average Bonchev–Trinajstić information content (AvgIpc) is 3.15.